The predicted molar refractivity (Wildman–Crippen MR) is 77.0 cm³/mol. The smallest absolute Gasteiger partial charge is 0.141 e. The molecule has 5 nitrogen and oxygen atoms in total. The Morgan fingerprint density at radius 3 is 2.63 bits per heavy atom. The van der Waals surface area contributed by atoms with Gasteiger partial charge in [-0.15, -0.1) is 0 Å². The Hall–Kier alpha value is -0.940. The summed E-state index contributed by atoms with van der Waals surface area (Å²) >= 11 is 0. The second kappa shape index (κ2) is 6.48. The van der Waals surface area contributed by atoms with Gasteiger partial charge in [0.2, 0.25) is 0 Å². The Labute approximate surface area is 116 Å². The van der Waals surface area contributed by atoms with Crippen LogP contribution in [0.4, 0.5) is 0 Å². The highest BCUT2D eigenvalue weighted by molar-refractivity contribution is 4.89. The highest BCUT2D eigenvalue weighted by Crippen LogP contribution is 2.23. The molecule has 1 aromatic rings. The van der Waals surface area contributed by atoms with Crippen molar-refractivity contribution >= 4 is 0 Å². The molecule has 1 aromatic heterocycles. The summed E-state index contributed by atoms with van der Waals surface area (Å²) in [6.45, 7) is 5.19. The molecule has 1 aliphatic rings. The van der Waals surface area contributed by atoms with Gasteiger partial charge < -0.3 is 5.32 Å². The summed E-state index contributed by atoms with van der Waals surface area (Å²) in [5.74, 6) is 1.08. The number of aromatic nitrogens is 3. The molecule has 0 radical (unpaired) electrons. The van der Waals surface area contributed by atoms with Gasteiger partial charge in [-0.1, -0.05) is 0 Å². The van der Waals surface area contributed by atoms with E-state index < -0.39 is 0 Å². The molecule has 1 saturated carbocycles. The van der Waals surface area contributed by atoms with Gasteiger partial charge >= 0.3 is 0 Å². The van der Waals surface area contributed by atoms with Crippen molar-refractivity contribution in [3.8, 4) is 0 Å². The van der Waals surface area contributed by atoms with E-state index in [0.29, 0.717) is 18.1 Å². The Kier molecular flexibility index (Phi) is 4.93. The molecule has 0 aliphatic heterocycles. The van der Waals surface area contributed by atoms with Crippen LogP contribution in [0.5, 0.6) is 0 Å². The number of hydrogen-bond donors (Lipinski definition) is 1. The average molecular weight is 265 g/mol. The number of nitrogens with one attached hydrogen (secondary N) is 1. The monoisotopic (exact) mass is 265 g/mol. The zero-order chi connectivity index (χ0) is 13.8. The summed E-state index contributed by atoms with van der Waals surface area (Å²) in [5.41, 5.74) is 0. The molecule has 0 bridgehead atoms. The summed E-state index contributed by atoms with van der Waals surface area (Å²) in [5, 5.41) is 7.70. The van der Waals surface area contributed by atoms with Gasteiger partial charge in [-0.2, -0.15) is 5.10 Å². The van der Waals surface area contributed by atoms with E-state index in [-0.39, 0.29) is 0 Å². The highest BCUT2D eigenvalue weighted by Gasteiger charge is 2.24. The van der Waals surface area contributed by atoms with Crippen molar-refractivity contribution in [3.63, 3.8) is 0 Å². The van der Waals surface area contributed by atoms with Crippen LogP contribution in [0.2, 0.25) is 0 Å². The third-order valence-corrected chi connectivity index (χ3v) is 4.26. The Bertz CT molecular complexity index is 379. The Balaban J connectivity index is 1.90. The molecule has 19 heavy (non-hydrogen) atoms. The first-order chi connectivity index (χ1) is 9.11. The van der Waals surface area contributed by atoms with Crippen LogP contribution in [-0.4, -0.2) is 45.8 Å². The van der Waals surface area contributed by atoms with E-state index in [1.165, 1.54) is 25.7 Å². The molecule has 1 fully saturated rings. The zero-order valence-corrected chi connectivity index (χ0v) is 12.6. The topological polar surface area (TPSA) is 46.0 Å². The SMILES string of the molecule is CNC1CCC(N(C)Cc2ncnn2C(C)C)CC1. The second-order valence-corrected chi connectivity index (χ2v) is 5.92. The molecular formula is C14H27N5. The molecule has 1 heterocycles. The molecule has 0 saturated heterocycles. The fourth-order valence-electron chi connectivity index (χ4n) is 2.98. The average Bonchev–Trinajstić information content (AvgIpc) is 2.87. The lowest BCUT2D eigenvalue weighted by Crippen LogP contribution is -2.39. The first-order valence-electron chi connectivity index (χ1n) is 7.37. The van der Waals surface area contributed by atoms with E-state index >= 15 is 0 Å². The molecule has 0 spiro atoms. The molecule has 0 aromatic carbocycles. The molecule has 2 rings (SSSR count). The van der Waals surface area contributed by atoms with Crippen molar-refractivity contribution in [1.29, 1.82) is 0 Å². The lowest BCUT2D eigenvalue weighted by molar-refractivity contribution is 0.163. The fraction of sp³-hybridized carbons (Fsp3) is 0.857. The number of nitrogens with zero attached hydrogens (tertiary/aromatic N) is 4. The van der Waals surface area contributed by atoms with Crippen LogP contribution in [0, 0.1) is 0 Å². The lowest BCUT2D eigenvalue weighted by Gasteiger charge is -2.34. The minimum absolute atomic E-state index is 0.380. The van der Waals surface area contributed by atoms with Crippen LogP contribution in [0.15, 0.2) is 6.33 Å². The summed E-state index contributed by atoms with van der Waals surface area (Å²) in [7, 11) is 4.28. The first-order valence-corrected chi connectivity index (χ1v) is 7.37. The fourth-order valence-corrected chi connectivity index (χ4v) is 2.98. The van der Waals surface area contributed by atoms with Crippen molar-refractivity contribution < 1.29 is 0 Å². The van der Waals surface area contributed by atoms with Gasteiger partial charge in [0.15, 0.2) is 0 Å². The van der Waals surface area contributed by atoms with Crippen molar-refractivity contribution in [2.75, 3.05) is 14.1 Å². The molecular weight excluding hydrogens is 238 g/mol. The molecule has 0 unspecified atom stereocenters. The highest BCUT2D eigenvalue weighted by atomic mass is 15.4. The standard InChI is InChI=1S/C14H27N5/c1-11(2)19-14(16-10-17-19)9-18(4)13-7-5-12(15-3)6-8-13/h10-13,15H,5-9H2,1-4H3. The van der Waals surface area contributed by atoms with Gasteiger partial charge in [0.25, 0.3) is 0 Å². The number of rotatable bonds is 5. The van der Waals surface area contributed by atoms with Crippen molar-refractivity contribution in [2.45, 2.75) is 64.2 Å². The predicted octanol–water partition coefficient (Wildman–Crippen LogP) is 1.82. The van der Waals surface area contributed by atoms with Gasteiger partial charge in [-0.3, -0.25) is 4.90 Å². The Morgan fingerprint density at radius 1 is 1.37 bits per heavy atom. The van der Waals surface area contributed by atoms with E-state index in [0.717, 1.165) is 12.4 Å². The maximum Gasteiger partial charge on any atom is 0.141 e. The molecule has 1 N–H and O–H groups in total. The second-order valence-electron chi connectivity index (χ2n) is 5.92. The van der Waals surface area contributed by atoms with E-state index in [9.17, 15) is 0 Å². The zero-order valence-electron chi connectivity index (χ0n) is 12.6. The summed E-state index contributed by atoms with van der Waals surface area (Å²) in [6, 6.07) is 1.77. The van der Waals surface area contributed by atoms with Crippen LogP contribution < -0.4 is 5.32 Å². The van der Waals surface area contributed by atoms with E-state index in [4.69, 9.17) is 0 Å². The Morgan fingerprint density at radius 2 is 2.05 bits per heavy atom. The van der Waals surface area contributed by atoms with Crippen molar-refractivity contribution in [2.24, 2.45) is 0 Å². The quantitative estimate of drug-likeness (QED) is 0.882. The van der Waals surface area contributed by atoms with Gasteiger partial charge in [-0.05, 0) is 53.6 Å². The molecule has 0 atom stereocenters. The molecule has 0 amide bonds. The number of hydrogen-bond acceptors (Lipinski definition) is 4. The normalized spacial score (nSPS) is 24.3. The van der Waals surface area contributed by atoms with Crippen LogP contribution in [-0.2, 0) is 6.54 Å². The van der Waals surface area contributed by atoms with E-state index in [1.807, 2.05) is 4.68 Å². The van der Waals surface area contributed by atoms with E-state index in [1.54, 1.807) is 6.33 Å². The van der Waals surface area contributed by atoms with Crippen LogP contribution in [0.25, 0.3) is 0 Å². The summed E-state index contributed by atoms with van der Waals surface area (Å²) in [4.78, 5) is 6.84. The van der Waals surface area contributed by atoms with Gasteiger partial charge in [0.1, 0.15) is 12.2 Å². The minimum atomic E-state index is 0.380. The van der Waals surface area contributed by atoms with Crippen LogP contribution >= 0.6 is 0 Å². The van der Waals surface area contributed by atoms with Crippen molar-refractivity contribution in [3.05, 3.63) is 12.2 Å². The largest absolute Gasteiger partial charge is 0.317 e. The maximum absolute atomic E-state index is 4.40. The van der Waals surface area contributed by atoms with Gasteiger partial charge in [-0.25, -0.2) is 9.67 Å². The summed E-state index contributed by atoms with van der Waals surface area (Å²) in [6.07, 6.45) is 6.78. The third-order valence-electron chi connectivity index (χ3n) is 4.26. The van der Waals surface area contributed by atoms with Crippen LogP contribution in [0.3, 0.4) is 0 Å². The van der Waals surface area contributed by atoms with E-state index in [2.05, 4.69) is 48.2 Å². The lowest BCUT2D eigenvalue weighted by atomic mass is 9.90. The summed E-state index contributed by atoms with van der Waals surface area (Å²) < 4.78 is 2.02. The minimum Gasteiger partial charge on any atom is -0.317 e. The molecule has 5 heteroatoms. The maximum atomic E-state index is 4.40. The van der Waals surface area contributed by atoms with Crippen molar-refractivity contribution in [1.82, 2.24) is 25.0 Å². The van der Waals surface area contributed by atoms with Gasteiger partial charge in [0.05, 0.1) is 6.54 Å². The first kappa shape index (κ1) is 14.5. The third kappa shape index (κ3) is 3.54. The molecule has 108 valence electrons. The molecule has 1 aliphatic carbocycles. The van der Waals surface area contributed by atoms with Crippen LogP contribution in [0.1, 0.15) is 51.4 Å². The van der Waals surface area contributed by atoms with Gasteiger partial charge in [0, 0.05) is 18.1 Å².